The molecule has 0 atom stereocenters. The lowest BCUT2D eigenvalue weighted by atomic mass is 10.6. The lowest BCUT2D eigenvalue weighted by molar-refractivity contribution is 0.577. The normalized spacial score (nSPS) is 12.3. The van der Waals surface area contributed by atoms with E-state index >= 15 is 0 Å². The van der Waals surface area contributed by atoms with Crippen LogP contribution in [0.1, 0.15) is 4.88 Å². The van der Waals surface area contributed by atoms with Crippen molar-refractivity contribution in [1.29, 1.82) is 0 Å². The summed E-state index contributed by atoms with van der Waals surface area (Å²) in [5.74, 6) is 0. The minimum absolute atomic E-state index is 0.0244. The summed E-state index contributed by atoms with van der Waals surface area (Å²) >= 11 is 8.60. The molecule has 1 N–H and O–H groups in total. The van der Waals surface area contributed by atoms with Crippen molar-refractivity contribution in [3.05, 3.63) is 33.3 Å². The number of rotatable bonds is 4. The van der Waals surface area contributed by atoms with Gasteiger partial charge in [0.25, 0.3) is 10.0 Å². The molecule has 0 aliphatic carbocycles. The zero-order chi connectivity index (χ0) is 13.5. The van der Waals surface area contributed by atoms with Crippen molar-refractivity contribution in [2.24, 2.45) is 0 Å². The second-order valence-electron chi connectivity index (χ2n) is 3.56. The summed E-state index contributed by atoms with van der Waals surface area (Å²) in [6.45, 7) is 0.181. The highest BCUT2D eigenvalue weighted by Crippen LogP contribution is 2.25. The van der Waals surface area contributed by atoms with Crippen LogP contribution < -0.4 is 4.72 Å². The van der Waals surface area contributed by atoms with Crippen LogP contribution in [0, 0.1) is 0 Å². The fourth-order valence-corrected chi connectivity index (χ4v) is 4.62. The predicted octanol–water partition coefficient (Wildman–Crippen LogP) is 1.98. The van der Waals surface area contributed by atoms with E-state index in [1.807, 2.05) is 0 Å². The third kappa shape index (κ3) is 2.39. The number of sulfonamides is 1. The Morgan fingerprint density at radius 1 is 1.42 bits per heavy atom. The first-order valence-electron chi connectivity index (χ1n) is 5.06. The summed E-state index contributed by atoms with van der Waals surface area (Å²) in [6, 6.07) is 0. The first-order chi connectivity index (χ1) is 9.08. The Bertz CT molecular complexity index is 806. The average molecular weight is 335 g/mol. The van der Waals surface area contributed by atoms with Gasteiger partial charge in [-0.25, -0.2) is 18.1 Å². The Morgan fingerprint density at radius 2 is 2.26 bits per heavy atom. The molecule has 3 aromatic rings. The van der Waals surface area contributed by atoms with Crippen LogP contribution in [0.15, 0.2) is 28.3 Å². The minimum Gasteiger partial charge on any atom is -0.279 e. The van der Waals surface area contributed by atoms with Crippen molar-refractivity contribution < 1.29 is 8.42 Å². The van der Waals surface area contributed by atoms with Crippen molar-refractivity contribution >= 4 is 49.3 Å². The van der Waals surface area contributed by atoms with E-state index in [1.165, 1.54) is 27.1 Å². The van der Waals surface area contributed by atoms with Crippen molar-refractivity contribution in [1.82, 2.24) is 19.1 Å². The lowest BCUT2D eigenvalue weighted by Gasteiger charge is -2.04. The Labute approximate surface area is 121 Å². The van der Waals surface area contributed by atoms with Gasteiger partial charge in [0.15, 0.2) is 15.1 Å². The van der Waals surface area contributed by atoms with Gasteiger partial charge in [0.1, 0.15) is 0 Å². The molecule has 0 bridgehead atoms. The largest absolute Gasteiger partial charge is 0.279 e. The molecular formula is C9H7ClN4O2S3. The Balaban J connectivity index is 1.95. The van der Waals surface area contributed by atoms with Gasteiger partial charge in [0.2, 0.25) is 0 Å². The lowest BCUT2D eigenvalue weighted by Crippen LogP contribution is -2.24. The van der Waals surface area contributed by atoms with E-state index in [-0.39, 0.29) is 16.7 Å². The van der Waals surface area contributed by atoms with Crippen LogP contribution >= 0.6 is 34.3 Å². The van der Waals surface area contributed by atoms with Gasteiger partial charge in [-0.15, -0.1) is 22.7 Å². The van der Waals surface area contributed by atoms with E-state index < -0.39 is 10.0 Å². The summed E-state index contributed by atoms with van der Waals surface area (Å²) in [7, 11) is -3.72. The fraction of sp³-hybridized carbons (Fsp3) is 0.111. The van der Waals surface area contributed by atoms with Crippen molar-refractivity contribution in [2.75, 3.05) is 0 Å². The standard InChI is InChI=1S/C9H7ClN4O2S3/c10-7-8(14-1-2-17-9(14)13-7)19(15,16)12-4-6-3-11-5-18-6/h1-3,5,12H,4H2. The molecule has 3 rings (SSSR count). The second-order valence-corrected chi connectivity index (χ2v) is 7.44. The molecule has 10 heteroatoms. The first kappa shape index (κ1) is 13.0. The smallest absolute Gasteiger partial charge is 0.260 e. The van der Waals surface area contributed by atoms with Crippen LogP contribution in [0.3, 0.4) is 0 Å². The van der Waals surface area contributed by atoms with Gasteiger partial charge in [-0.2, -0.15) is 0 Å². The molecule has 0 aliphatic heterocycles. The molecule has 6 nitrogen and oxygen atoms in total. The number of imidazole rings is 1. The number of halogens is 1. The zero-order valence-corrected chi connectivity index (χ0v) is 12.5. The van der Waals surface area contributed by atoms with Crippen LogP contribution in [0.25, 0.3) is 4.96 Å². The molecule has 19 heavy (non-hydrogen) atoms. The quantitative estimate of drug-likeness (QED) is 0.791. The van der Waals surface area contributed by atoms with Gasteiger partial charge in [-0.3, -0.25) is 9.38 Å². The third-order valence-corrected chi connectivity index (χ3v) is 5.69. The van der Waals surface area contributed by atoms with Gasteiger partial charge < -0.3 is 0 Å². The second kappa shape index (κ2) is 4.84. The molecule has 0 amide bonds. The number of hydrogen-bond donors (Lipinski definition) is 1. The molecular weight excluding hydrogens is 328 g/mol. The Morgan fingerprint density at radius 3 is 3.00 bits per heavy atom. The van der Waals surface area contributed by atoms with Gasteiger partial charge >= 0.3 is 0 Å². The highest BCUT2D eigenvalue weighted by Gasteiger charge is 2.24. The number of fused-ring (bicyclic) bond motifs is 1. The number of aromatic nitrogens is 3. The average Bonchev–Trinajstić information content (AvgIpc) is 3.01. The van der Waals surface area contributed by atoms with E-state index in [0.29, 0.717) is 4.96 Å². The SMILES string of the molecule is O=S(=O)(NCc1cncs1)c1c(Cl)nc2sccn12. The minimum atomic E-state index is -3.72. The highest BCUT2D eigenvalue weighted by atomic mass is 35.5. The van der Waals surface area contributed by atoms with E-state index in [0.717, 1.165) is 4.88 Å². The maximum absolute atomic E-state index is 12.3. The maximum Gasteiger partial charge on any atom is 0.260 e. The van der Waals surface area contributed by atoms with E-state index in [4.69, 9.17) is 11.6 Å². The van der Waals surface area contributed by atoms with Crippen LogP contribution in [0.2, 0.25) is 5.15 Å². The summed E-state index contributed by atoms with van der Waals surface area (Å²) < 4.78 is 28.5. The molecule has 0 saturated heterocycles. The maximum atomic E-state index is 12.3. The van der Waals surface area contributed by atoms with E-state index in [2.05, 4.69) is 14.7 Å². The van der Waals surface area contributed by atoms with Crippen LogP contribution in [-0.4, -0.2) is 22.8 Å². The molecule has 100 valence electrons. The van der Waals surface area contributed by atoms with Gasteiger partial charge in [-0.05, 0) is 0 Å². The molecule has 3 heterocycles. The summed E-state index contributed by atoms with van der Waals surface area (Å²) in [4.78, 5) is 9.26. The van der Waals surface area contributed by atoms with E-state index in [9.17, 15) is 8.42 Å². The van der Waals surface area contributed by atoms with Crippen molar-refractivity contribution in [3.8, 4) is 0 Å². The first-order valence-corrected chi connectivity index (χ1v) is 8.68. The highest BCUT2D eigenvalue weighted by molar-refractivity contribution is 7.89. The molecule has 0 saturated carbocycles. The number of nitrogens with one attached hydrogen (secondary N) is 1. The molecule has 0 aliphatic rings. The molecule has 0 radical (unpaired) electrons. The Kier molecular flexibility index (Phi) is 3.31. The molecule has 0 spiro atoms. The number of nitrogens with zero attached hydrogens (tertiary/aromatic N) is 3. The molecule has 0 unspecified atom stereocenters. The molecule has 0 fully saturated rings. The van der Waals surface area contributed by atoms with Crippen molar-refractivity contribution in [3.63, 3.8) is 0 Å². The van der Waals surface area contributed by atoms with E-state index in [1.54, 1.807) is 23.3 Å². The molecule has 0 aromatic carbocycles. The van der Waals surface area contributed by atoms with Crippen LogP contribution in [-0.2, 0) is 16.6 Å². The van der Waals surface area contributed by atoms with Crippen LogP contribution in [0.5, 0.6) is 0 Å². The monoisotopic (exact) mass is 334 g/mol. The third-order valence-electron chi connectivity index (χ3n) is 2.35. The van der Waals surface area contributed by atoms with Crippen LogP contribution in [0.4, 0.5) is 0 Å². The van der Waals surface area contributed by atoms with Crippen molar-refractivity contribution in [2.45, 2.75) is 11.6 Å². The molecule has 3 aromatic heterocycles. The summed E-state index contributed by atoms with van der Waals surface area (Å²) in [5.41, 5.74) is 1.65. The summed E-state index contributed by atoms with van der Waals surface area (Å²) in [6.07, 6.45) is 3.24. The van der Waals surface area contributed by atoms with Gasteiger partial charge in [0, 0.05) is 29.2 Å². The number of hydrogen-bond acceptors (Lipinski definition) is 6. The zero-order valence-electron chi connectivity index (χ0n) is 9.28. The fourth-order valence-electron chi connectivity index (χ4n) is 1.54. The topological polar surface area (TPSA) is 76.4 Å². The summed E-state index contributed by atoms with van der Waals surface area (Å²) in [5, 5.41) is 1.69. The van der Waals surface area contributed by atoms with Gasteiger partial charge in [-0.1, -0.05) is 11.6 Å². The predicted molar refractivity (Wildman–Crippen MR) is 74.2 cm³/mol. The Hall–Kier alpha value is -1.00. The van der Waals surface area contributed by atoms with Gasteiger partial charge in [0.05, 0.1) is 5.51 Å². The number of thiazole rings is 2.